The summed E-state index contributed by atoms with van der Waals surface area (Å²) >= 11 is 0. The van der Waals surface area contributed by atoms with Crippen LogP contribution in [0.5, 0.6) is 0 Å². The van der Waals surface area contributed by atoms with E-state index in [4.69, 9.17) is 5.26 Å². The van der Waals surface area contributed by atoms with Crippen LogP contribution >= 0.6 is 0 Å². The number of nitriles is 1. The lowest BCUT2D eigenvalue weighted by Crippen LogP contribution is -2.48. The molecule has 1 aliphatic heterocycles. The third-order valence-corrected chi connectivity index (χ3v) is 5.12. The third-order valence-electron chi connectivity index (χ3n) is 5.12. The fraction of sp³-hybridized carbons (Fsp3) is 0.381. The minimum atomic E-state index is 0.163. The predicted octanol–water partition coefficient (Wildman–Crippen LogP) is 2.56. The van der Waals surface area contributed by atoms with Crippen LogP contribution in [0.2, 0.25) is 0 Å². The van der Waals surface area contributed by atoms with Gasteiger partial charge in [0.1, 0.15) is 5.82 Å². The lowest BCUT2D eigenvalue weighted by molar-refractivity contribution is 0.0925. The van der Waals surface area contributed by atoms with E-state index in [-0.39, 0.29) is 5.78 Å². The standard InChI is InChI=1S/C21H25N5O/c1-4-7-26-16(2)12-19(17(26)3)20(27)15-24-8-10-25(11-9-24)21-13-18(14-22)5-6-23-21/h4-6,12-13H,1,7-11,15H2,2-3H3. The first-order chi connectivity index (χ1) is 13.0. The van der Waals surface area contributed by atoms with Crippen LogP contribution in [0.3, 0.4) is 0 Å². The van der Waals surface area contributed by atoms with E-state index in [1.165, 1.54) is 0 Å². The number of Topliss-reactive ketones (excluding diaryl/α,β-unsaturated/α-hetero) is 1. The van der Waals surface area contributed by atoms with E-state index < -0.39 is 0 Å². The van der Waals surface area contributed by atoms with Gasteiger partial charge in [-0.15, -0.1) is 6.58 Å². The van der Waals surface area contributed by atoms with Gasteiger partial charge in [-0.1, -0.05) is 6.08 Å². The first kappa shape index (κ1) is 18.9. The molecule has 1 aliphatic rings. The molecule has 0 amide bonds. The monoisotopic (exact) mass is 363 g/mol. The van der Waals surface area contributed by atoms with Crippen molar-refractivity contribution in [2.24, 2.45) is 0 Å². The number of hydrogen-bond donors (Lipinski definition) is 0. The number of allylic oxidation sites excluding steroid dienone is 1. The van der Waals surface area contributed by atoms with E-state index in [1.807, 2.05) is 32.1 Å². The van der Waals surface area contributed by atoms with Crippen molar-refractivity contribution in [2.75, 3.05) is 37.6 Å². The van der Waals surface area contributed by atoms with Crippen LogP contribution in [-0.4, -0.2) is 53.0 Å². The van der Waals surface area contributed by atoms with Crippen LogP contribution < -0.4 is 4.90 Å². The molecule has 0 aliphatic carbocycles. The quantitative estimate of drug-likeness (QED) is 0.583. The molecule has 1 fully saturated rings. The second kappa shape index (κ2) is 8.19. The maximum absolute atomic E-state index is 12.8. The van der Waals surface area contributed by atoms with Crippen molar-refractivity contribution < 1.29 is 4.79 Å². The Morgan fingerprint density at radius 2 is 2.04 bits per heavy atom. The highest BCUT2D eigenvalue weighted by atomic mass is 16.1. The molecule has 2 aromatic rings. The lowest BCUT2D eigenvalue weighted by atomic mass is 10.1. The Morgan fingerprint density at radius 1 is 1.30 bits per heavy atom. The fourth-order valence-electron chi connectivity index (χ4n) is 3.58. The number of carbonyl (C=O) groups is 1. The molecule has 27 heavy (non-hydrogen) atoms. The van der Waals surface area contributed by atoms with E-state index >= 15 is 0 Å². The molecule has 6 nitrogen and oxygen atoms in total. The van der Waals surface area contributed by atoms with Gasteiger partial charge in [-0.2, -0.15) is 5.26 Å². The maximum atomic E-state index is 12.8. The highest BCUT2D eigenvalue weighted by Crippen LogP contribution is 2.18. The Hall–Kier alpha value is -2.91. The largest absolute Gasteiger partial charge is 0.354 e. The molecule has 0 bridgehead atoms. The van der Waals surface area contributed by atoms with Crippen LogP contribution in [0.15, 0.2) is 37.1 Å². The number of anilines is 1. The van der Waals surface area contributed by atoms with Crippen molar-refractivity contribution in [3.05, 3.63) is 59.6 Å². The van der Waals surface area contributed by atoms with Crippen LogP contribution in [0.25, 0.3) is 0 Å². The molecule has 0 unspecified atom stereocenters. The maximum Gasteiger partial charge on any atom is 0.178 e. The second-order valence-corrected chi connectivity index (χ2v) is 6.88. The van der Waals surface area contributed by atoms with E-state index in [2.05, 4.69) is 32.0 Å². The summed E-state index contributed by atoms with van der Waals surface area (Å²) in [7, 11) is 0. The summed E-state index contributed by atoms with van der Waals surface area (Å²) in [6, 6.07) is 7.66. The molecule has 140 valence electrons. The molecule has 0 N–H and O–H groups in total. The number of aryl methyl sites for hydroxylation is 1. The first-order valence-corrected chi connectivity index (χ1v) is 9.17. The molecule has 2 aromatic heterocycles. The van der Waals surface area contributed by atoms with Gasteiger partial charge in [-0.3, -0.25) is 9.69 Å². The Labute approximate surface area is 160 Å². The normalized spacial score (nSPS) is 14.8. The zero-order chi connectivity index (χ0) is 19.4. The number of rotatable bonds is 6. The van der Waals surface area contributed by atoms with Gasteiger partial charge in [0.25, 0.3) is 0 Å². The molecule has 0 radical (unpaired) electrons. The molecule has 0 saturated carbocycles. The van der Waals surface area contributed by atoms with Crippen molar-refractivity contribution in [2.45, 2.75) is 20.4 Å². The summed E-state index contributed by atoms with van der Waals surface area (Å²) < 4.78 is 2.12. The van der Waals surface area contributed by atoms with Gasteiger partial charge in [-0.25, -0.2) is 4.98 Å². The van der Waals surface area contributed by atoms with Crippen molar-refractivity contribution in [3.8, 4) is 6.07 Å². The second-order valence-electron chi connectivity index (χ2n) is 6.88. The van der Waals surface area contributed by atoms with E-state index in [0.717, 1.165) is 55.5 Å². The van der Waals surface area contributed by atoms with Crippen LogP contribution in [-0.2, 0) is 6.54 Å². The Balaban J connectivity index is 1.61. The van der Waals surface area contributed by atoms with E-state index in [1.54, 1.807) is 12.3 Å². The minimum absolute atomic E-state index is 0.163. The number of ketones is 1. The molecular weight excluding hydrogens is 338 g/mol. The number of aromatic nitrogens is 2. The molecule has 3 rings (SSSR count). The highest BCUT2D eigenvalue weighted by Gasteiger charge is 2.22. The molecule has 0 spiro atoms. The smallest absolute Gasteiger partial charge is 0.178 e. The number of hydrogen-bond acceptors (Lipinski definition) is 5. The number of piperazine rings is 1. The van der Waals surface area contributed by atoms with Gasteiger partial charge < -0.3 is 9.47 Å². The average molecular weight is 363 g/mol. The summed E-state index contributed by atoms with van der Waals surface area (Å²) in [5, 5.41) is 9.04. The van der Waals surface area contributed by atoms with Crippen molar-refractivity contribution in [1.29, 1.82) is 5.26 Å². The van der Waals surface area contributed by atoms with Gasteiger partial charge in [0.15, 0.2) is 5.78 Å². The zero-order valence-electron chi connectivity index (χ0n) is 16.0. The lowest BCUT2D eigenvalue weighted by Gasteiger charge is -2.35. The highest BCUT2D eigenvalue weighted by molar-refractivity contribution is 5.99. The molecule has 3 heterocycles. The van der Waals surface area contributed by atoms with Gasteiger partial charge in [-0.05, 0) is 32.0 Å². The Bertz CT molecular complexity index is 884. The summed E-state index contributed by atoms with van der Waals surface area (Å²) in [5.41, 5.74) is 3.52. The summed E-state index contributed by atoms with van der Waals surface area (Å²) in [6.45, 7) is 12.1. The zero-order valence-corrected chi connectivity index (χ0v) is 16.0. The molecule has 0 aromatic carbocycles. The van der Waals surface area contributed by atoms with Gasteiger partial charge in [0.05, 0.1) is 18.2 Å². The van der Waals surface area contributed by atoms with Crippen LogP contribution in [0.1, 0.15) is 27.3 Å². The van der Waals surface area contributed by atoms with Gasteiger partial charge in [0.2, 0.25) is 0 Å². The predicted molar refractivity (Wildman–Crippen MR) is 106 cm³/mol. The van der Waals surface area contributed by atoms with Crippen LogP contribution in [0.4, 0.5) is 5.82 Å². The topological polar surface area (TPSA) is 65.2 Å². The van der Waals surface area contributed by atoms with Crippen molar-refractivity contribution >= 4 is 11.6 Å². The number of pyridine rings is 1. The summed E-state index contributed by atoms with van der Waals surface area (Å²) in [6.07, 6.45) is 3.52. The van der Waals surface area contributed by atoms with Gasteiger partial charge in [0, 0.05) is 55.9 Å². The molecule has 0 atom stereocenters. The summed E-state index contributed by atoms with van der Waals surface area (Å²) in [4.78, 5) is 21.5. The van der Waals surface area contributed by atoms with Crippen molar-refractivity contribution in [3.63, 3.8) is 0 Å². The Kier molecular flexibility index (Phi) is 5.72. The SMILES string of the molecule is C=CCn1c(C)cc(C(=O)CN2CCN(c3cc(C#N)ccn3)CC2)c1C. The minimum Gasteiger partial charge on any atom is -0.354 e. The molecular formula is C21H25N5O. The first-order valence-electron chi connectivity index (χ1n) is 9.17. The number of carbonyl (C=O) groups excluding carboxylic acids is 1. The van der Waals surface area contributed by atoms with E-state index in [9.17, 15) is 4.79 Å². The van der Waals surface area contributed by atoms with E-state index in [0.29, 0.717) is 12.1 Å². The number of nitrogens with zero attached hydrogens (tertiary/aromatic N) is 5. The third kappa shape index (κ3) is 4.09. The summed E-state index contributed by atoms with van der Waals surface area (Å²) in [5.74, 6) is 0.990. The molecule has 1 saturated heterocycles. The average Bonchev–Trinajstić information content (AvgIpc) is 2.97. The Morgan fingerprint density at radius 3 is 2.70 bits per heavy atom. The van der Waals surface area contributed by atoms with Crippen LogP contribution in [0, 0.1) is 25.2 Å². The van der Waals surface area contributed by atoms with Crippen molar-refractivity contribution in [1.82, 2.24) is 14.5 Å². The fourth-order valence-corrected chi connectivity index (χ4v) is 3.58. The van der Waals surface area contributed by atoms with Gasteiger partial charge >= 0.3 is 0 Å². The molecule has 6 heteroatoms.